The summed E-state index contributed by atoms with van der Waals surface area (Å²) < 4.78 is 3.18. The quantitative estimate of drug-likeness (QED) is 0.609. The van der Waals surface area contributed by atoms with E-state index in [2.05, 4.69) is 0 Å². The molecule has 0 unspecified atom stereocenters. The lowest BCUT2D eigenvalue weighted by atomic mass is 10.2. The van der Waals surface area contributed by atoms with E-state index in [1.807, 2.05) is 6.92 Å². The van der Waals surface area contributed by atoms with Gasteiger partial charge >= 0.3 is 5.69 Å². The number of imidazole rings is 1. The average Bonchev–Trinajstić information content (AvgIpc) is 2.71. The number of nitrogens with zero attached hydrogens (tertiary/aromatic N) is 3. The first-order valence-corrected chi connectivity index (χ1v) is 5.60. The molecule has 0 saturated heterocycles. The van der Waals surface area contributed by atoms with E-state index in [1.165, 1.54) is 12.1 Å². The standard InChI is InChI=1S/C12H13N3O3/c1-2-13-7-8-14(12(13)16)9-10-3-5-11(6-4-10)15(17)18/h3-8H,2,9H2,1H3. The van der Waals surface area contributed by atoms with Crippen molar-refractivity contribution < 1.29 is 4.92 Å². The Morgan fingerprint density at radius 3 is 2.28 bits per heavy atom. The van der Waals surface area contributed by atoms with Crippen molar-refractivity contribution in [2.24, 2.45) is 0 Å². The minimum absolute atomic E-state index is 0.0530. The van der Waals surface area contributed by atoms with Crippen LogP contribution in [0.4, 0.5) is 5.69 Å². The molecule has 2 aromatic rings. The summed E-state index contributed by atoms with van der Waals surface area (Å²) in [6, 6.07) is 6.20. The van der Waals surface area contributed by atoms with Crippen molar-refractivity contribution in [3.05, 3.63) is 62.8 Å². The Balaban J connectivity index is 2.21. The van der Waals surface area contributed by atoms with Crippen LogP contribution in [0.5, 0.6) is 0 Å². The fraction of sp³-hybridized carbons (Fsp3) is 0.250. The van der Waals surface area contributed by atoms with E-state index in [1.54, 1.807) is 33.7 Å². The van der Waals surface area contributed by atoms with Gasteiger partial charge < -0.3 is 0 Å². The van der Waals surface area contributed by atoms with Crippen LogP contribution in [-0.2, 0) is 13.1 Å². The van der Waals surface area contributed by atoms with Gasteiger partial charge in [-0.3, -0.25) is 19.2 Å². The van der Waals surface area contributed by atoms with Gasteiger partial charge in [-0.15, -0.1) is 0 Å². The van der Waals surface area contributed by atoms with Gasteiger partial charge in [-0.2, -0.15) is 0 Å². The Kier molecular flexibility index (Phi) is 3.27. The predicted octanol–water partition coefficient (Wildman–Crippen LogP) is 1.63. The molecule has 1 aromatic carbocycles. The van der Waals surface area contributed by atoms with E-state index in [9.17, 15) is 14.9 Å². The molecule has 0 atom stereocenters. The van der Waals surface area contributed by atoms with Crippen LogP contribution >= 0.6 is 0 Å². The maximum atomic E-state index is 11.8. The van der Waals surface area contributed by atoms with Gasteiger partial charge in [0, 0.05) is 31.1 Å². The summed E-state index contributed by atoms with van der Waals surface area (Å²) >= 11 is 0. The lowest BCUT2D eigenvalue weighted by Gasteiger charge is -2.01. The molecular formula is C12H13N3O3. The van der Waals surface area contributed by atoms with Crippen molar-refractivity contribution in [2.45, 2.75) is 20.0 Å². The highest BCUT2D eigenvalue weighted by Gasteiger charge is 2.06. The summed E-state index contributed by atoms with van der Waals surface area (Å²) in [5.41, 5.74) is 0.838. The lowest BCUT2D eigenvalue weighted by molar-refractivity contribution is -0.384. The second-order valence-electron chi connectivity index (χ2n) is 3.92. The summed E-state index contributed by atoms with van der Waals surface area (Å²) in [5.74, 6) is 0. The second kappa shape index (κ2) is 4.87. The SMILES string of the molecule is CCn1ccn(Cc2ccc([N+](=O)[O-])cc2)c1=O. The third-order valence-corrected chi connectivity index (χ3v) is 2.76. The van der Waals surface area contributed by atoms with Gasteiger partial charge in [0.05, 0.1) is 11.5 Å². The molecule has 0 amide bonds. The summed E-state index contributed by atoms with van der Waals surface area (Å²) in [5, 5.41) is 10.5. The highest BCUT2D eigenvalue weighted by atomic mass is 16.6. The number of nitro benzene ring substituents is 1. The molecule has 6 heteroatoms. The molecule has 0 bridgehead atoms. The van der Waals surface area contributed by atoms with Crippen LogP contribution in [-0.4, -0.2) is 14.1 Å². The molecule has 1 aromatic heterocycles. The van der Waals surface area contributed by atoms with Crippen LogP contribution in [0.2, 0.25) is 0 Å². The van der Waals surface area contributed by atoms with E-state index in [0.29, 0.717) is 13.1 Å². The van der Waals surface area contributed by atoms with Gasteiger partial charge in [-0.1, -0.05) is 12.1 Å². The van der Waals surface area contributed by atoms with Crippen molar-refractivity contribution in [2.75, 3.05) is 0 Å². The Bertz CT molecular complexity index is 610. The smallest absolute Gasteiger partial charge is 0.300 e. The van der Waals surface area contributed by atoms with Crippen LogP contribution in [0.1, 0.15) is 12.5 Å². The molecular weight excluding hydrogens is 234 g/mol. The van der Waals surface area contributed by atoms with Crippen LogP contribution in [0.3, 0.4) is 0 Å². The molecule has 0 aliphatic carbocycles. The number of benzene rings is 1. The lowest BCUT2D eigenvalue weighted by Crippen LogP contribution is -2.23. The third kappa shape index (κ3) is 2.32. The van der Waals surface area contributed by atoms with E-state index < -0.39 is 4.92 Å². The van der Waals surface area contributed by atoms with Gasteiger partial charge in [-0.25, -0.2) is 4.79 Å². The van der Waals surface area contributed by atoms with Crippen LogP contribution < -0.4 is 5.69 Å². The molecule has 94 valence electrons. The number of hydrogen-bond acceptors (Lipinski definition) is 3. The zero-order chi connectivity index (χ0) is 13.1. The van der Waals surface area contributed by atoms with E-state index in [4.69, 9.17) is 0 Å². The Hall–Kier alpha value is -2.37. The number of nitro groups is 1. The molecule has 18 heavy (non-hydrogen) atoms. The van der Waals surface area contributed by atoms with E-state index in [-0.39, 0.29) is 11.4 Å². The summed E-state index contributed by atoms with van der Waals surface area (Å²) in [4.78, 5) is 21.9. The van der Waals surface area contributed by atoms with Crippen LogP contribution in [0, 0.1) is 10.1 Å². The molecule has 0 N–H and O–H groups in total. The van der Waals surface area contributed by atoms with Gasteiger partial charge in [0.2, 0.25) is 0 Å². The minimum Gasteiger partial charge on any atom is -0.300 e. The maximum absolute atomic E-state index is 11.8. The third-order valence-electron chi connectivity index (χ3n) is 2.76. The van der Waals surface area contributed by atoms with Crippen molar-refractivity contribution in [1.82, 2.24) is 9.13 Å². The molecule has 0 radical (unpaired) electrons. The predicted molar refractivity (Wildman–Crippen MR) is 66.6 cm³/mol. The molecule has 0 spiro atoms. The largest absolute Gasteiger partial charge is 0.328 e. The first kappa shape index (κ1) is 12.1. The fourth-order valence-corrected chi connectivity index (χ4v) is 1.73. The fourth-order valence-electron chi connectivity index (χ4n) is 1.73. The van der Waals surface area contributed by atoms with E-state index in [0.717, 1.165) is 5.56 Å². The Morgan fingerprint density at radius 1 is 1.17 bits per heavy atom. The molecule has 0 fully saturated rings. The average molecular weight is 247 g/mol. The van der Waals surface area contributed by atoms with Crippen molar-refractivity contribution in [1.29, 1.82) is 0 Å². The molecule has 2 rings (SSSR count). The number of aryl methyl sites for hydroxylation is 1. The number of aromatic nitrogens is 2. The van der Waals surface area contributed by atoms with Crippen LogP contribution in [0.15, 0.2) is 41.5 Å². The number of non-ortho nitro benzene ring substituents is 1. The van der Waals surface area contributed by atoms with Crippen molar-refractivity contribution in [3.8, 4) is 0 Å². The van der Waals surface area contributed by atoms with Gasteiger partial charge in [-0.05, 0) is 12.5 Å². The van der Waals surface area contributed by atoms with Crippen molar-refractivity contribution >= 4 is 5.69 Å². The highest BCUT2D eigenvalue weighted by molar-refractivity contribution is 5.32. The maximum Gasteiger partial charge on any atom is 0.328 e. The zero-order valence-corrected chi connectivity index (χ0v) is 9.94. The summed E-state index contributed by atoms with van der Waals surface area (Å²) in [6.45, 7) is 2.95. The normalized spacial score (nSPS) is 10.5. The molecule has 0 aliphatic heterocycles. The zero-order valence-electron chi connectivity index (χ0n) is 9.94. The number of rotatable bonds is 4. The number of hydrogen-bond donors (Lipinski definition) is 0. The van der Waals surface area contributed by atoms with Gasteiger partial charge in [0.15, 0.2) is 0 Å². The first-order chi connectivity index (χ1) is 8.61. The van der Waals surface area contributed by atoms with Gasteiger partial charge in [0.1, 0.15) is 0 Å². The topological polar surface area (TPSA) is 70.1 Å². The van der Waals surface area contributed by atoms with E-state index >= 15 is 0 Å². The van der Waals surface area contributed by atoms with Crippen molar-refractivity contribution in [3.63, 3.8) is 0 Å². The minimum atomic E-state index is -0.441. The highest BCUT2D eigenvalue weighted by Crippen LogP contribution is 2.12. The summed E-state index contributed by atoms with van der Waals surface area (Å²) in [7, 11) is 0. The Labute approximate surface area is 103 Å². The van der Waals surface area contributed by atoms with Crippen LogP contribution in [0.25, 0.3) is 0 Å². The van der Waals surface area contributed by atoms with Gasteiger partial charge in [0.25, 0.3) is 5.69 Å². The molecule has 0 aliphatic rings. The molecule has 0 saturated carbocycles. The monoisotopic (exact) mass is 247 g/mol. The summed E-state index contributed by atoms with van der Waals surface area (Å²) in [6.07, 6.45) is 3.45. The Morgan fingerprint density at radius 2 is 1.78 bits per heavy atom. The molecule has 1 heterocycles. The first-order valence-electron chi connectivity index (χ1n) is 5.60. The molecule has 6 nitrogen and oxygen atoms in total. The second-order valence-corrected chi connectivity index (χ2v) is 3.92.